The van der Waals surface area contributed by atoms with Crippen LogP contribution in [-0.4, -0.2) is 33.7 Å². The van der Waals surface area contributed by atoms with Crippen LogP contribution in [-0.2, 0) is 17.5 Å². The number of carbonyl (C=O) groups excluding carboxylic acids is 1. The van der Waals surface area contributed by atoms with Crippen LogP contribution in [0.25, 0.3) is 11.5 Å². The molecule has 0 N–H and O–H groups in total. The Labute approximate surface area is 197 Å². The lowest BCUT2D eigenvalue weighted by molar-refractivity contribution is -0.138. The monoisotopic (exact) mass is 490 g/mol. The molecule has 2 aromatic carbocycles. The molecule has 1 aliphatic rings. The molecular weight excluding hydrogens is 473 g/mol. The fraction of sp³-hybridized carbons (Fsp3) is 0.304. The molecule has 1 saturated heterocycles. The van der Waals surface area contributed by atoms with Crippen LogP contribution in [0, 0.1) is 16.7 Å². The van der Waals surface area contributed by atoms with E-state index in [1.54, 1.807) is 38.1 Å². The highest BCUT2D eigenvalue weighted by molar-refractivity contribution is 6.33. The molecule has 0 radical (unpaired) electrons. The number of aromatic nitrogens is 2. The van der Waals surface area contributed by atoms with Gasteiger partial charge in [0.25, 0.3) is 5.91 Å². The Kier molecular flexibility index (Phi) is 6.00. The lowest BCUT2D eigenvalue weighted by Gasteiger charge is -2.24. The summed E-state index contributed by atoms with van der Waals surface area (Å²) in [6.45, 7) is 3.79. The largest absolute Gasteiger partial charge is 0.480 e. The summed E-state index contributed by atoms with van der Waals surface area (Å²) in [5.74, 6) is -0.201. The van der Waals surface area contributed by atoms with E-state index in [4.69, 9.17) is 26.0 Å². The molecule has 176 valence electrons. The number of hydrogen-bond acceptors (Lipinski definition) is 6. The molecule has 0 spiro atoms. The Hall–Kier alpha value is -3.58. The van der Waals surface area contributed by atoms with Crippen molar-refractivity contribution in [3.63, 3.8) is 0 Å². The minimum atomic E-state index is -4.73. The third kappa shape index (κ3) is 4.56. The van der Waals surface area contributed by atoms with Crippen LogP contribution >= 0.6 is 11.6 Å². The zero-order chi connectivity index (χ0) is 24.7. The van der Waals surface area contributed by atoms with Crippen molar-refractivity contribution in [3.05, 3.63) is 64.5 Å². The Bertz CT molecular complexity index is 1280. The van der Waals surface area contributed by atoms with Gasteiger partial charge in [-0.1, -0.05) is 37.6 Å². The number of alkyl halides is 3. The summed E-state index contributed by atoms with van der Waals surface area (Å²) >= 11 is 6.16. The second-order valence-corrected chi connectivity index (χ2v) is 8.89. The molecule has 11 heteroatoms. The lowest BCUT2D eigenvalue weighted by atomic mass is 9.89. The number of nitrogens with zero attached hydrogens (tertiary/aromatic N) is 4. The highest BCUT2D eigenvalue weighted by atomic mass is 35.5. The first-order chi connectivity index (χ1) is 16.0. The molecule has 1 atom stereocenters. The highest BCUT2D eigenvalue weighted by Gasteiger charge is 2.48. The SMILES string of the molecule is CC1(C)CN(Cc2nnc(-c3ccccc3Cl)o2)C(=O)C1Oc1ccc(C#N)c(C(F)(F)F)c1. The van der Waals surface area contributed by atoms with E-state index in [2.05, 4.69) is 10.2 Å². The Morgan fingerprint density at radius 2 is 2.00 bits per heavy atom. The van der Waals surface area contributed by atoms with E-state index in [1.807, 2.05) is 0 Å². The van der Waals surface area contributed by atoms with Gasteiger partial charge in [0.05, 0.1) is 34.3 Å². The van der Waals surface area contributed by atoms with E-state index < -0.39 is 34.7 Å². The summed E-state index contributed by atoms with van der Waals surface area (Å²) in [6, 6.07) is 11.5. The van der Waals surface area contributed by atoms with Crippen molar-refractivity contribution >= 4 is 17.5 Å². The minimum absolute atomic E-state index is 0.000741. The number of ether oxygens (including phenoxy) is 1. The van der Waals surface area contributed by atoms with Crippen molar-refractivity contribution in [1.29, 1.82) is 5.26 Å². The molecule has 0 saturated carbocycles. The molecule has 1 aromatic heterocycles. The molecule has 34 heavy (non-hydrogen) atoms. The number of likely N-dealkylation sites (tertiary alicyclic amines) is 1. The number of rotatable bonds is 5. The van der Waals surface area contributed by atoms with E-state index in [-0.39, 0.29) is 30.6 Å². The van der Waals surface area contributed by atoms with Crippen molar-refractivity contribution < 1.29 is 27.1 Å². The van der Waals surface area contributed by atoms with Gasteiger partial charge in [0.1, 0.15) is 5.75 Å². The fourth-order valence-electron chi connectivity index (χ4n) is 3.79. The first-order valence-corrected chi connectivity index (χ1v) is 10.5. The lowest BCUT2D eigenvalue weighted by Crippen LogP contribution is -2.36. The summed E-state index contributed by atoms with van der Waals surface area (Å²) in [4.78, 5) is 14.5. The van der Waals surface area contributed by atoms with E-state index in [0.717, 1.165) is 12.1 Å². The number of halogens is 4. The molecule has 1 unspecified atom stereocenters. The third-order valence-electron chi connectivity index (χ3n) is 5.41. The van der Waals surface area contributed by atoms with Gasteiger partial charge in [-0.3, -0.25) is 4.79 Å². The van der Waals surface area contributed by atoms with Gasteiger partial charge < -0.3 is 14.1 Å². The first kappa shape index (κ1) is 23.6. The van der Waals surface area contributed by atoms with Gasteiger partial charge in [-0.25, -0.2) is 0 Å². The zero-order valence-electron chi connectivity index (χ0n) is 18.1. The second kappa shape index (κ2) is 8.65. The first-order valence-electron chi connectivity index (χ1n) is 10.1. The van der Waals surface area contributed by atoms with Gasteiger partial charge >= 0.3 is 6.18 Å². The highest BCUT2D eigenvalue weighted by Crippen LogP contribution is 2.38. The summed E-state index contributed by atoms with van der Waals surface area (Å²) in [6.07, 6.45) is -5.78. The number of amides is 1. The Morgan fingerprint density at radius 1 is 1.26 bits per heavy atom. The van der Waals surface area contributed by atoms with Crippen molar-refractivity contribution in [1.82, 2.24) is 15.1 Å². The predicted octanol–water partition coefficient (Wildman–Crippen LogP) is 5.10. The molecule has 2 heterocycles. The molecule has 4 rings (SSSR count). The van der Waals surface area contributed by atoms with Crippen molar-refractivity contribution in [2.75, 3.05) is 6.54 Å². The molecule has 0 aliphatic carbocycles. The van der Waals surface area contributed by atoms with Crippen LogP contribution in [0.3, 0.4) is 0 Å². The summed E-state index contributed by atoms with van der Waals surface area (Å²) < 4.78 is 51.3. The van der Waals surface area contributed by atoms with Gasteiger partial charge in [-0.05, 0) is 30.3 Å². The van der Waals surface area contributed by atoms with Crippen LogP contribution in [0.2, 0.25) is 5.02 Å². The maximum Gasteiger partial charge on any atom is 0.417 e. The topological polar surface area (TPSA) is 92.2 Å². The molecule has 7 nitrogen and oxygen atoms in total. The van der Waals surface area contributed by atoms with Gasteiger partial charge in [-0.15, -0.1) is 10.2 Å². The maximum atomic E-state index is 13.3. The number of benzene rings is 2. The average Bonchev–Trinajstić information content (AvgIpc) is 3.31. The zero-order valence-corrected chi connectivity index (χ0v) is 18.8. The summed E-state index contributed by atoms with van der Waals surface area (Å²) in [7, 11) is 0. The van der Waals surface area contributed by atoms with Gasteiger partial charge in [0, 0.05) is 12.0 Å². The molecule has 0 bridgehead atoms. The standard InChI is InChI=1S/C23H18ClF3N4O3/c1-22(2)12-31(11-18-29-30-20(34-18)15-5-3-4-6-17(15)24)21(32)19(22)33-14-8-7-13(10-28)16(9-14)23(25,26)27/h3-9,19H,11-12H2,1-2H3. The van der Waals surface area contributed by atoms with E-state index >= 15 is 0 Å². The van der Waals surface area contributed by atoms with Crippen LogP contribution in [0.1, 0.15) is 30.9 Å². The Morgan fingerprint density at radius 3 is 2.68 bits per heavy atom. The average molecular weight is 491 g/mol. The molecular formula is C23H18ClF3N4O3. The Balaban J connectivity index is 1.53. The van der Waals surface area contributed by atoms with Crippen molar-refractivity contribution in [2.24, 2.45) is 5.41 Å². The molecule has 1 amide bonds. The number of carbonyl (C=O) groups is 1. The van der Waals surface area contributed by atoms with Crippen molar-refractivity contribution in [2.45, 2.75) is 32.7 Å². The van der Waals surface area contributed by atoms with E-state index in [9.17, 15) is 18.0 Å². The van der Waals surface area contributed by atoms with Gasteiger partial charge in [0.15, 0.2) is 6.10 Å². The maximum absolute atomic E-state index is 13.3. The van der Waals surface area contributed by atoms with Gasteiger partial charge in [-0.2, -0.15) is 18.4 Å². The van der Waals surface area contributed by atoms with Crippen LogP contribution < -0.4 is 4.74 Å². The van der Waals surface area contributed by atoms with Crippen LogP contribution in [0.15, 0.2) is 46.9 Å². The van der Waals surface area contributed by atoms with Crippen LogP contribution in [0.5, 0.6) is 5.75 Å². The normalized spacial score (nSPS) is 17.6. The molecule has 1 fully saturated rings. The molecule has 1 aliphatic heterocycles. The van der Waals surface area contributed by atoms with Gasteiger partial charge in [0.2, 0.25) is 11.8 Å². The van der Waals surface area contributed by atoms with Crippen LogP contribution in [0.4, 0.5) is 13.2 Å². The summed E-state index contributed by atoms with van der Waals surface area (Å²) in [5.41, 5.74) is -1.82. The van der Waals surface area contributed by atoms with E-state index in [0.29, 0.717) is 10.6 Å². The number of hydrogen-bond donors (Lipinski definition) is 0. The summed E-state index contributed by atoms with van der Waals surface area (Å²) in [5, 5.41) is 17.4. The van der Waals surface area contributed by atoms with Crippen molar-refractivity contribution in [3.8, 4) is 23.3 Å². The minimum Gasteiger partial charge on any atom is -0.480 e. The fourth-order valence-corrected chi connectivity index (χ4v) is 4.00. The second-order valence-electron chi connectivity index (χ2n) is 8.48. The molecule has 3 aromatic rings. The third-order valence-corrected chi connectivity index (χ3v) is 5.74. The smallest absolute Gasteiger partial charge is 0.417 e. The van der Waals surface area contributed by atoms with E-state index in [1.165, 1.54) is 17.0 Å². The number of nitriles is 1. The quantitative estimate of drug-likeness (QED) is 0.494. The predicted molar refractivity (Wildman–Crippen MR) is 115 cm³/mol.